The van der Waals surface area contributed by atoms with Crippen LogP contribution in [0.3, 0.4) is 0 Å². The Kier molecular flexibility index (Phi) is 3.99. The molecule has 1 atom stereocenters. The molecule has 5 nitrogen and oxygen atoms in total. The standard InChI is InChI=1S/C16H20N4O/c1-3-13-9-16(19-12(2)18-13)20-8-6-15(11-20)21-14-5-4-7-17-10-14/h4-5,7,9-10,15H,3,6,8,11H2,1-2H3. The van der Waals surface area contributed by atoms with Gasteiger partial charge in [-0.05, 0) is 25.5 Å². The largest absolute Gasteiger partial charge is 0.487 e. The molecule has 0 spiro atoms. The lowest BCUT2D eigenvalue weighted by atomic mass is 10.3. The number of ether oxygens (including phenoxy) is 1. The second-order valence-corrected chi connectivity index (χ2v) is 5.28. The zero-order valence-electron chi connectivity index (χ0n) is 12.5. The van der Waals surface area contributed by atoms with Crippen molar-refractivity contribution < 1.29 is 4.74 Å². The quantitative estimate of drug-likeness (QED) is 0.863. The van der Waals surface area contributed by atoms with E-state index in [1.54, 1.807) is 12.4 Å². The summed E-state index contributed by atoms with van der Waals surface area (Å²) in [7, 11) is 0. The van der Waals surface area contributed by atoms with Crippen LogP contribution in [0.25, 0.3) is 0 Å². The summed E-state index contributed by atoms with van der Waals surface area (Å²) in [5.74, 6) is 2.68. The first-order valence-electron chi connectivity index (χ1n) is 7.41. The summed E-state index contributed by atoms with van der Waals surface area (Å²) < 4.78 is 5.97. The zero-order chi connectivity index (χ0) is 14.7. The molecule has 0 N–H and O–H groups in total. The molecule has 21 heavy (non-hydrogen) atoms. The highest BCUT2D eigenvalue weighted by molar-refractivity contribution is 5.41. The van der Waals surface area contributed by atoms with Crippen LogP contribution >= 0.6 is 0 Å². The van der Waals surface area contributed by atoms with Gasteiger partial charge in [-0.15, -0.1) is 0 Å². The number of pyridine rings is 1. The maximum absolute atomic E-state index is 5.97. The molecule has 1 saturated heterocycles. The Morgan fingerprint density at radius 2 is 2.29 bits per heavy atom. The summed E-state index contributed by atoms with van der Waals surface area (Å²) in [5.41, 5.74) is 1.09. The van der Waals surface area contributed by atoms with Gasteiger partial charge in [0, 0.05) is 30.9 Å². The number of rotatable bonds is 4. The minimum absolute atomic E-state index is 0.189. The minimum Gasteiger partial charge on any atom is -0.487 e. The van der Waals surface area contributed by atoms with Crippen molar-refractivity contribution in [3.63, 3.8) is 0 Å². The third kappa shape index (κ3) is 3.29. The van der Waals surface area contributed by atoms with Crippen molar-refractivity contribution in [2.75, 3.05) is 18.0 Å². The summed E-state index contributed by atoms with van der Waals surface area (Å²) in [6, 6.07) is 5.92. The number of hydrogen-bond acceptors (Lipinski definition) is 5. The first kappa shape index (κ1) is 13.8. The lowest BCUT2D eigenvalue weighted by Gasteiger charge is -2.19. The third-order valence-electron chi connectivity index (χ3n) is 3.65. The lowest BCUT2D eigenvalue weighted by Crippen LogP contribution is -2.25. The first-order chi connectivity index (χ1) is 10.2. The molecule has 3 rings (SSSR count). The maximum atomic E-state index is 5.97. The molecule has 2 aromatic heterocycles. The zero-order valence-corrected chi connectivity index (χ0v) is 12.5. The summed E-state index contributed by atoms with van der Waals surface area (Å²) in [6.45, 7) is 5.88. The van der Waals surface area contributed by atoms with E-state index in [4.69, 9.17) is 4.74 Å². The Balaban J connectivity index is 1.68. The second-order valence-electron chi connectivity index (χ2n) is 5.28. The van der Waals surface area contributed by atoms with Crippen molar-refractivity contribution in [1.29, 1.82) is 0 Å². The molecule has 1 aliphatic heterocycles. The van der Waals surface area contributed by atoms with Gasteiger partial charge in [-0.3, -0.25) is 4.98 Å². The first-order valence-corrected chi connectivity index (χ1v) is 7.41. The number of hydrogen-bond donors (Lipinski definition) is 0. The van der Waals surface area contributed by atoms with Crippen LogP contribution in [0.2, 0.25) is 0 Å². The average molecular weight is 284 g/mol. The molecule has 0 amide bonds. The number of aromatic nitrogens is 3. The Bertz CT molecular complexity index is 602. The van der Waals surface area contributed by atoms with E-state index in [9.17, 15) is 0 Å². The van der Waals surface area contributed by atoms with Crippen molar-refractivity contribution in [2.45, 2.75) is 32.8 Å². The van der Waals surface area contributed by atoms with Gasteiger partial charge in [-0.2, -0.15) is 0 Å². The van der Waals surface area contributed by atoms with Gasteiger partial charge in [0.2, 0.25) is 0 Å². The highest BCUT2D eigenvalue weighted by Crippen LogP contribution is 2.22. The smallest absolute Gasteiger partial charge is 0.138 e. The van der Waals surface area contributed by atoms with Crippen LogP contribution in [0.15, 0.2) is 30.6 Å². The van der Waals surface area contributed by atoms with Crippen molar-refractivity contribution in [3.05, 3.63) is 42.1 Å². The van der Waals surface area contributed by atoms with Crippen LogP contribution in [-0.2, 0) is 6.42 Å². The predicted octanol–water partition coefficient (Wildman–Crippen LogP) is 2.40. The Morgan fingerprint density at radius 1 is 1.38 bits per heavy atom. The minimum atomic E-state index is 0.189. The van der Waals surface area contributed by atoms with E-state index < -0.39 is 0 Å². The van der Waals surface area contributed by atoms with Gasteiger partial charge in [-0.1, -0.05) is 6.92 Å². The fourth-order valence-electron chi connectivity index (χ4n) is 2.60. The monoisotopic (exact) mass is 284 g/mol. The van der Waals surface area contributed by atoms with Gasteiger partial charge < -0.3 is 9.64 Å². The van der Waals surface area contributed by atoms with Crippen molar-refractivity contribution in [2.24, 2.45) is 0 Å². The Hall–Kier alpha value is -2.17. The summed E-state index contributed by atoms with van der Waals surface area (Å²) in [6.07, 6.45) is 5.63. The molecule has 0 bridgehead atoms. The van der Waals surface area contributed by atoms with Crippen LogP contribution in [-0.4, -0.2) is 34.1 Å². The normalized spacial score (nSPS) is 18.0. The predicted molar refractivity (Wildman–Crippen MR) is 81.6 cm³/mol. The SMILES string of the molecule is CCc1cc(N2CCC(Oc3cccnc3)C2)nc(C)n1. The molecule has 0 aliphatic carbocycles. The molecular formula is C16H20N4O. The van der Waals surface area contributed by atoms with Gasteiger partial charge >= 0.3 is 0 Å². The van der Waals surface area contributed by atoms with Gasteiger partial charge in [0.25, 0.3) is 0 Å². The summed E-state index contributed by atoms with van der Waals surface area (Å²) in [5, 5.41) is 0. The summed E-state index contributed by atoms with van der Waals surface area (Å²) in [4.78, 5) is 15.3. The molecule has 3 heterocycles. The Labute approximate surface area is 125 Å². The molecule has 1 unspecified atom stereocenters. The summed E-state index contributed by atoms with van der Waals surface area (Å²) >= 11 is 0. The van der Waals surface area contributed by atoms with E-state index in [-0.39, 0.29) is 6.10 Å². The van der Waals surface area contributed by atoms with Crippen molar-refractivity contribution >= 4 is 5.82 Å². The molecule has 0 aromatic carbocycles. The van der Waals surface area contributed by atoms with Crippen LogP contribution in [0.1, 0.15) is 24.9 Å². The lowest BCUT2D eigenvalue weighted by molar-refractivity contribution is 0.224. The number of nitrogens with zero attached hydrogens (tertiary/aromatic N) is 4. The van der Waals surface area contributed by atoms with Gasteiger partial charge in [0.15, 0.2) is 0 Å². The molecule has 1 aliphatic rings. The molecule has 1 fully saturated rings. The van der Waals surface area contributed by atoms with E-state index >= 15 is 0 Å². The topological polar surface area (TPSA) is 51.1 Å². The fraction of sp³-hybridized carbons (Fsp3) is 0.438. The maximum Gasteiger partial charge on any atom is 0.138 e. The van der Waals surface area contributed by atoms with Gasteiger partial charge in [0.05, 0.1) is 12.7 Å². The van der Waals surface area contributed by atoms with Crippen LogP contribution < -0.4 is 9.64 Å². The van der Waals surface area contributed by atoms with Crippen LogP contribution in [0, 0.1) is 6.92 Å². The third-order valence-corrected chi connectivity index (χ3v) is 3.65. The van der Waals surface area contributed by atoms with Crippen LogP contribution in [0.5, 0.6) is 5.75 Å². The van der Waals surface area contributed by atoms with Crippen molar-refractivity contribution in [1.82, 2.24) is 15.0 Å². The van der Waals surface area contributed by atoms with Gasteiger partial charge in [0.1, 0.15) is 23.5 Å². The number of anilines is 1. The van der Waals surface area contributed by atoms with E-state index in [0.29, 0.717) is 0 Å². The van der Waals surface area contributed by atoms with E-state index in [1.807, 2.05) is 19.1 Å². The van der Waals surface area contributed by atoms with E-state index in [2.05, 4.69) is 32.8 Å². The van der Waals surface area contributed by atoms with Gasteiger partial charge in [-0.25, -0.2) is 9.97 Å². The number of aryl methyl sites for hydroxylation is 2. The molecular weight excluding hydrogens is 264 g/mol. The second kappa shape index (κ2) is 6.08. The highest BCUT2D eigenvalue weighted by atomic mass is 16.5. The van der Waals surface area contributed by atoms with E-state index in [1.165, 1.54) is 0 Å². The Morgan fingerprint density at radius 3 is 3.05 bits per heavy atom. The molecule has 2 aromatic rings. The molecule has 0 saturated carbocycles. The van der Waals surface area contributed by atoms with Crippen molar-refractivity contribution in [3.8, 4) is 5.75 Å². The molecule has 5 heteroatoms. The average Bonchev–Trinajstić information content (AvgIpc) is 2.96. The molecule has 110 valence electrons. The van der Waals surface area contributed by atoms with Crippen LogP contribution in [0.4, 0.5) is 5.82 Å². The van der Waals surface area contributed by atoms with E-state index in [0.717, 1.165) is 49.0 Å². The fourth-order valence-corrected chi connectivity index (χ4v) is 2.60. The highest BCUT2D eigenvalue weighted by Gasteiger charge is 2.25. The molecule has 0 radical (unpaired) electrons.